The molecule has 0 aliphatic carbocycles. The monoisotopic (exact) mass is 472 g/mol. The molecule has 0 aliphatic heterocycles. The Bertz CT molecular complexity index is 1210. The lowest BCUT2D eigenvalue weighted by Crippen LogP contribution is -2.41. The van der Waals surface area contributed by atoms with Crippen molar-refractivity contribution in [2.24, 2.45) is 5.92 Å². The lowest BCUT2D eigenvalue weighted by Gasteiger charge is -2.26. The van der Waals surface area contributed by atoms with Crippen molar-refractivity contribution >= 4 is 28.8 Å². The van der Waals surface area contributed by atoms with Crippen LogP contribution < -0.4 is 15.5 Å². The van der Waals surface area contributed by atoms with Crippen molar-refractivity contribution in [3.8, 4) is 5.75 Å². The van der Waals surface area contributed by atoms with E-state index in [0.717, 1.165) is 5.56 Å². The van der Waals surface area contributed by atoms with Crippen LogP contribution in [-0.4, -0.2) is 23.7 Å². The zero-order valence-corrected chi connectivity index (χ0v) is 20.4. The van der Waals surface area contributed by atoms with Crippen LogP contribution >= 0.6 is 11.6 Å². The fraction of sp³-hybridized carbons (Fsp3) is 0.400. The van der Waals surface area contributed by atoms with Crippen molar-refractivity contribution in [1.82, 2.24) is 10.3 Å². The molecule has 1 unspecified atom stereocenters. The number of alkyl carbamates (subject to hydrolysis) is 1. The standard InChI is InChI=1S/C25H29ClN2O5/c1-14(2)21(33-24(30)28-25(3,4)5)22-18(13-15-8-7-9-16(12-15)31-6)20(29)17-10-11-19(26)27-23(17)32-22/h7-12,14,21H,13H2,1-6H3,(H,28,30). The fourth-order valence-corrected chi connectivity index (χ4v) is 3.58. The van der Waals surface area contributed by atoms with Gasteiger partial charge in [0.1, 0.15) is 10.9 Å². The highest BCUT2D eigenvalue weighted by atomic mass is 35.5. The summed E-state index contributed by atoms with van der Waals surface area (Å²) < 4.78 is 17.2. The third kappa shape index (κ3) is 6.05. The van der Waals surface area contributed by atoms with E-state index in [2.05, 4.69) is 10.3 Å². The van der Waals surface area contributed by atoms with E-state index in [0.29, 0.717) is 16.7 Å². The molecule has 8 heteroatoms. The Balaban J connectivity index is 2.16. The SMILES string of the molecule is COc1cccc(Cc2c(C(OC(=O)NC(C)(C)C)C(C)C)oc3nc(Cl)ccc3c2=O)c1. The van der Waals surface area contributed by atoms with Crippen LogP contribution in [0.25, 0.3) is 11.1 Å². The van der Waals surface area contributed by atoms with Crippen LogP contribution in [-0.2, 0) is 11.2 Å². The quantitative estimate of drug-likeness (QED) is 0.465. The van der Waals surface area contributed by atoms with Gasteiger partial charge in [-0.05, 0) is 56.5 Å². The average Bonchev–Trinajstić information content (AvgIpc) is 2.72. The molecule has 3 rings (SSSR count). The second kappa shape index (κ2) is 9.83. The Morgan fingerprint density at radius 1 is 1.21 bits per heavy atom. The molecule has 3 aromatic rings. The minimum atomic E-state index is -0.814. The number of ether oxygens (including phenoxy) is 2. The average molecular weight is 473 g/mol. The molecule has 1 amide bonds. The lowest BCUT2D eigenvalue weighted by molar-refractivity contribution is 0.0517. The number of benzene rings is 1. The first-order valence-corrected chi connectivity index (χ1v) is 11.1. The minimum absolute atomic E-state index is 0.0994. The minimum Gasteiger partial charge on any atom is -0.497 e. The number of hydrogen-bond acceptors (Lipinski definition) is 6. The highest BCUT2D eigenvalue weighted by molar-refractivity contribution is 6.29. The third-order valence-corrected chi connectivity index (χ3v) is 5.15. The van der Waals surface area contributed by atoms with Gasteiger partial charge in [-0.2, -0.15) is 0 Å². The van der Waals surface area contributed by atoms with Gasteiger partial charge >= 0.3 is 6.09 Å². The van der Waals surface area contributed by atoms with E-state index in [1.165, 1.54) is 0 Å². The predicted molar refractivity (Wildman–Crippen MR) is 128 cm³/mol. The van der Waals surface area contributed by atoms with Crippen LogP contribution in [0, 0.1) is 5.92 Å². The summed E-state index contributed by atoms with van der Waals surface area (Å²) in [6.07, 6.45) is -1.15. The first-order chi connectivity index (χ1) is 15.5. The van der Waals surface area contributed by atoms with Crippen LogP contribution in [0.1, 0.15) is 57.6 Å². The number of pyridine rings is 1. The molecule has 1 N–H and O–H groups in total. The maximum atomic E-state index is 13.5. The van der Waals surface area contributed by atoms with E-state index < -0.39 is 17.7 Å². The highest BCUT2D eigenvalue weighted by Gasteiger charge is 2.30. The summed E-state index contributed by atoms with van der Waals surface area (Å²) in [6.45, 7) is 9.35. The van der Waals surface area contributed by atoms with Gasteiger partial charge in [-0.3, -0.25) is 4.79 Å². The number of halogens is 1. The molecular weight excluding hydrogens is 444 g/mol. The Labute approximate surface area is 198 Å². The van der Waals surface area contributed by atoms with E-state index in [1.54, 1.807) is 19.2 Å². The first kappa shape index (κ1) is 24.6. The summed E-state index contributed by atoms with van der Waals surface area (Å²) in [5.41, 5.74) is 0.612. The smallest absolute Gasteiger partial charge is 0.408 e. The van der Waals surface area contributed by atoms with Crippen molar-refractivity contribution < 1.29 is 18.7 Å². The summed E-state index contributed by atoms with van der Waals surface area (Å²) in [6, 6.07) is 10.6. The molecule has 1 atom stereocenters. The molecule has 0 saturated heterocycles. The van der Waals surface area contributed by atoms with Gasteiger partial charge in [0.25, 0.3) is 0 Å². The Kier molecular flexibility index (Phi) is 7.32. The zero-order chi connectivity index (χ0) is 24.3. The number of aromatic nitrogens is 1. The normalized spacial score (nSPS) is 12.6. The fourth-order valence-electron chi connectivity index (χ4n) is 3.44. The lowest BCUT2D eigenvalue weighted by atomic mass is 9.95. The van der Waals surface area contributed by atoms with Crippen LogP contribution in [0.15, 0.2) is 45.6 Å². The highest BCUT2D eigenvalue weighted by Crippen LogP contribution is 2.32. The zero-order valence-electron chi connectivity index (χ0n) is 19.7. The molecule has 0 spiro atoms. The van der Waals surface area contributed by atoms with Gasteiger partial charge in [-0.25, -0.2) is 9.78 Å². The summed E-state index contributed by atoms with van der Waals surface area (Å²) >= 11 is 6.04. The summed E-state index contributed by atoms with van der Waals surface area (Å²) in [5, 5.41) is 3.29. The third-order valence-electron chi connectivity index (χ3n) is 4.94. The molecule has 0 bridgehead atoms. The van der Waals surface area contributed by atoms with Crippen LogP contribution in [0.5, 0.6) is 5.75 Å². The molecule has 33 heavy (non-hydrogen) atoms. The maximum absolute atomic E-state index is 13.5. The topological polar surface area (TPSA) is 90.7 Å². The molecule has 1 aromatic carbocycles. The summed E-state index contributed by atoms with van der Waals surface area (Å²) in [7, 11) is 1.58. The second-order valence-electron chi connectivity index (χ2n) is 9.23. The van der Waals surface area contributed by atoms with E-state index >= 15 is 0 Å². The maximum Gasteiger partial charge on any atom is 0.408 e. The largest absolute Gasteiger partial charge is 0.497 e. The molecule has 2 aromatic heterocycles. The Morgan fingerprint density at radius 3 is 2.58 bits per heavy atom. The molecule has 7 nitrogen and oxygen atoms in total. The van der Waals surface area contributed by atoms with Gasteiger partial charge in [0, 0.05) is 17.5 Å². The van der Waals surface area contributed by atoms with Crippen LogP contribution in [0.4, 0.5) is 4.79 Å². The Hall–Kier alpha value is -3.06. The molecule has 0 fully saturated rings. The van der Waals surface area contributed by atoms with Gasteiger partial charge in [0.2, 0.25) is 5.71 Å². The van der Waals surface area contributed by atoms with Gasteiger partial charge in [-0.1, -0.05) is 37.6 Å². The van der Waals surface area contributed by atoms with Gasteiger partial charge in [-0.15, -0.1) is 0 Å². The van der Waals surface area contributed by atoms with Crippen molar-refractivity contribution in [2.75, 3.05) is 7.11 Å². The van der Waals surface area contributed by atoms with Crippen LogP contribution in [0.3, 0.4) is 0 Å². The number of amides is 1. The molecule has 0 radical (unpaired) electrons. The van der Waals surface area contributed by atoms with Gasteiger partial charge in [0.05, 0.1) is 12.5 Å². The van der Waals surface area contributed by atoms with Crippen molar-refractivity contribution in [3.05, 3.63) is 68.7 Å². The predicted octanol–water partition coefficient (Wildman–Crippen LogP) is 5.66. The summed E-state index contributed by atoms with van der Waals surface area (Å²) in [5.74, 6) is 0.748. The number of nitrogens with one attached hydrogen (secondary N) is 1. The number of rotatable bonds is 6. The number of methoxy groups -OCH3 is 1. The number of carbonyl (C=O) groups excluding carboxylic acids is 1. The van der Waals surface area contributed by atoms with E-state index in [-0.39, 0.29) is 34.4 Å². The Morgan fingerprint density at radius 2 is 1.94 bits per heavy atom. The number of fused-ring (bicyclic) bond motifs is 1. The number of hydrogen-bond donors (Lipinski definition) is 1. The van der Waals surface area contributed by atoms with Crippen molar-refractivity contribution in [1.29, 1.82) is 0 Å². The van der Waals surface area contributed by atoms with E-state index in [1.807, 2.05) is 58.9 Å². The molecular formula is C25H29ClN2O5. The van der Waals surface area contributed by atoms with Gasteiger partial charge < -0.3 is 19.2 Å². The van der Waals surface area contributed by atoms with Crippen molar-refractivity contribution in [3.63, 3.8) is 0 Å². The molecule has 0 aliphatic rings. The number of nitrogens with zero attached hydrogens (tertiary/aromatic N) is 1. The molecule has 176 valence electrons. The summed E-state index contributed by atoms with van der Waals surface area (Å²) in [4.78, 5) is 30.3. The molecule has 2 heterocycles. The van der Waals surface area contributed by atoms with Crippen LogP contribution in [0.2, 0.25) is 5.15 Å². The molecule has 0 saturated carbocycles. The second-order valence-corrected chi connectivity index (χ2v) is 9.62. The van der Waals surface area contributed by atoms with E-state index in [4.69, 9.17) is 25.5 Å². The van der Waals surface area contributed by atoms with Crippen molar-refractivity contribution in [2.45, 2.75) is 52.7 Å². The van der Waals surface area contributed by atoms with Gasteiger partial charge in [0.15, 0.2) is 17.3 Å². The van der Waals surface area contributed by atoms with E-state index in [9.17, 15) is 9.59 Å². The number of carbonyl (C=O) groups is 1. The first-order valence-electron chi connectivity index (χ1n) is 10.7.